The fourth-order valence-corrected chi connectivity index (χ4v) is 5.57. The van der Waals surface area contributed by atoms with Crippen LogP contribution in [0.5, 0.6) is 5.75 Å². The van der Waals surface area contributed by atoms with Gasteiger partial charge < -0.3 is 15.0 Å². The van der Waals surface area contributed by atoms with Gasteiger partial charge in [0.15, 0.2) is 0 Å². The van der Waals surface area contributed by atoms with Crippen molar-refractivity contribution in [2.45, 2.75) is 38.8 Å². The van der Waals surface area contributed by atoms with Crippen molar-refractivity contribution in [1.82, 2.24) is 15.1 Å². The number of amides is 2. The van der Waals surface area contributed by atoms with Crippen LogP contribution in [0.15, 0.2) is 60.7 Å². The zero-order valence-electron chi connectivity index (χ0n) is 21.0. The lowest BCUT2D eigenvalue weighted by Crippen LogP contribution is -2.45. The van der Waals surface area contributed by atoms with E-state index in [9.17, 15) is 9.59 Å². The molecule has 5 rings (SSSR count). The minimum atomic E-state index is -0.196. The number of piperidine rings is 1. The van der Waals surface area contributed by atoms with E-state index < -0.39 is 0 Å². The van der Waals surface area contributed by atoms with Crippen LogP contribution in [0.3, 0.4) is 0 Å². The first kappa shape index (κ1) is 24.3. The minimum Gasteiger partial charge on any atom is -0.496 e. The molecule has 2 saturated heterocycles. The number of benzene rings is 3. The summed E-state index contributed by atoms with van der Waals surface area (Å²) in [4.78, 5) is 31.0. The Morgan fingerprint density at radius 3 is 2.39 bits per heavy atom. The fourth-order valence-electron chi connectivity index (χ4n) is 5.57. The van der Waals surface area contributed by atoms with Gasteiger partial charge in [-0.25, -0.2) is 0 Å². The van der Waals surface area contributed by atoms with E-state index in [4.69, 9.17) is 4.74 Å². The van der Waals surface area contributed by atoms with Gasteiger partial charge in [-0.1, -0.05) is 48.5 Å². The summed E-state index contributed by atoms with van der Waals surface area (Å²) in [6.07, 6.45) is 4.15. The molecule has 0 bridgehead atoms. The minimum absolute atomic E-state index is 0.0256. The first-order chi connectivity index (χ1) is 17.6. The fraction of sp³-hybridized carbons (Fsp3) is 0.400. The highest BCUT2D eigenvalue weighted by Crippen LogP contribution is 2.30. The molecule has 0 spiro atoms. The molecule has 2 amide bonds. The van der Waals surface area contributed by atoms with Crippen LogP contribution >= 0.6 is 0 Å². The van der Waals surface area contributed by atoms with Gasteiger partial charge in [-0.15, -0.1) is 0 Å². The monoisotopic (exact) mass is 485 g/mol. The van der Waals surface area contributed by atoms with E-state index in [1.807, 2.05) is 47.4 Å². The number of nitrogens with zero attached hydrogens (tertiary/aromatic N) is 2. The Hall–Kier alpha value is -3.38. The quantitative estimate of drug-likeness (QED) is 0.531. The summed E-state index contributed by atoms with van der Waals surface area (Å²) in [6.45, 7) is 4.87. The molecule has 0 aliphatic carbocycles. The van der Waals surface area contributed by atoms with E-state index in [2.05, 4.69) is 28.4 Å². The van der Waals surface area contributed by atoms with Crippen molar-refractivity contribution in [2.75, 3.05) is 33.3 Å². The van der Waals surface area contributed by atoms with E-state index in [1.54, 1.807) is 7.11 Å². The molecule has 2 fully saturated rings. The predicted molar refractivity (Wildman–Crippen MR) is 142 cm³/mol. The van der Waals surface area contributed by atoms with Gasteiger partial charge in [-0.3, -0.25) is 14.5 Å². The molecule has 1 N–H and O–H groups in total. The van der Waals surface area contributed by atoms with Crippen molar-refractivity contribution in [3.63, 3.8) is 0 Å². The van der Waals surface area contributed by atoms with Crippen molar-refractivity contribution >= 4 is 22.6 Å². The normalized spacial score (nSPS) is 18.4. The van der Waals surface area contributed by atoms with Crippen LogP contribution in [-0.2, 0) is 17.9 Å². The van der Waals surface area contributed by atoms with Crippen molar-refractivity contribution in [1.29, 1.82) is 0 Å². The van der Waals surface area contributed by atoms with Crippen molar-refractivity contribution in [2.24, 2.45) is 5.92 Å². The van der Waals surface area contributed by atoms with Crippen LogP contribution in [0.4, 0.5) is 0 Å². The van der Waals surface area contributed by atoms with Gasteiger partial charge in [0.2, 0.25) is 5.91 Å². The highest BCUT2D eigenvalue weighted by Gasteiger charge is 2.30. The number of hydrogen-bond acceptors (Lipinski definition) is 4. The van der Waals surface area contributed by atoms with E-state index in [0.29, 0.717) is 25.2 Å². The van der Waals surface area contributed by atoms with Gasteiger partial charge in [-0.05, 0) is 67.4 Å². The first-order valence-electron chi connectivity index (χ1n) is 13.1. The smallest absolute Gasteiger partial charge is 0.254 e. The molecule has 2 heterocycles. The highest BCUT2D eigenvalue weighted by molar-refractivity contribution is 6.08. The standard InChI is InChI=1S/C30H35N3O3/c1-36-28-15-14-27(25-12-4-5-13-26(25)28)30(35)33-18-8-11-24(21-33)29(34)31-19-22-9-2-3-10-23(22)20-32-16-6-7-17-32/h2-5,9-10,12-15,24H,6-8,11,16-21H2,1H3,(H,31,34)/t24-/m0/s1. The average Bonchev–Trinajstić information content (AvgIpc) is 3.44. The third-order valence-electron chi connectivity index (χ3n) is 7.58. The lowest BCUT2D eigenvalue weighted by atomic mass is 9.95. The maximum Gasteiger partial charge on any atom is 0.254 e. The molecule has 0 aromatic heterocycles. The number of carbonyl (C=O) groups is 2. The second-order valence-corrected chi connectivity index (χ2v) is 9.92. The van der Waals surface area contributed by atoms with Crippen LogP contribution in [0.1, 0.15) is 47.2 Å². The second kappa shape index (κ2) is 11.1. The summed E-state index contributed by atoms with van der Waals surface area (Å²) >= 11 is 0. The van der Waals surface area contributed by atoms with Crippen molar-refractivity contribution in [3.8, 4) is 5.75 Å². The maximum atomic E-state index is 13.5. The lowest BCUT2D eigenvalue weighted by molar-refractivity contribution is -0.126. The van der Waals surface area contributed by atoms with E-state index >= 15 is 0 Å². The van der Waals surface area contributed by atoms with Crippen LogP contribution < -0.4 is 10.1 Å². The Morgan fingerprint density at radius 2 is 1.61 bits per heavy atom. The molecule has 2 aliphatic heterocycles. The zero-order chi connectivity index (χ0) is 24.9. The van der Waals surface area contributed by atoms with Crippen LogP contribution in [0.2, 0.25) is 0 Å². The number of hydrogen-bond donors (Lipinski definition) is 1. The summed E-state index contributed by atoms with van der Waals surface area (Å²) < 4.78 is 5.48. The SMILES string of the molecule is COc1ccc(C(=O)N2CCC[C@H](C(=O)NCc3ccccc3CN3CCCC3)C2)c2ccccc12. The topological polar surface area (TPSA) is 61.9 Å². The number of ether oxygens (including phenoxy) is 1. The summed E-state index contributed by atoms with van der Waals surface area (Å²) in [7, 11) is 1.64. The Morgan fingerprint density at radius 1 is 0.889 bits per heavy atom. The first-order valence-corrected chi connectivity index (χ1v) is 13.1. The van der Waals surface area contributed by atoms with E-state index in [-0.39, 0.29) is 17.7 Å². The number of likely N-dealkylation sites (tertiary alicyclic amines) is 2. The zero-order valence-corrected chi connectivity index (χ0v) is 21.0. The molecule has 6 heteroatoms. The van der Waals surface area contributed by atoms with Crippen LogP contribution in [0.25, 0.3) is 10.8 Å². The van der Waals surface area contributed by atoms with Gasteiger partial charge in [0.05, 0.1) is 13.0 Å². The van der Waals surface area contributed by atoms with Gasteiger partial charge in [0, 0.05) is 37.1 Å². The van der Waals surface area contributed by atoms with Crippen LogP contribution in [0, 0.1) is 5.92 Å². The number of fused-ring (bicyclic) bond motifs is 1. The van der Waals surface area contributed by atoms with Crippen LogP contribution in [-0.4, -0.2) is 54.9 Å². The molecular weight excluding hydrogens is 450 g/mol. The van der Waals surface area contributed by atoms with Gasteiger partial charge in [0.1, 0.15) is 5.75 Å². The number of rotatable bonds is 7. The average molecular weight is 486 g/mol. The van der Waals surface area contributed by atoms with Crippen molar-refractivity contribution in [3.05, 3.63) is 77.4 Å². The predicted octanol–water partition coefficient (Wildman–Crippen LogP) is 4.61. The highest BCUT2D eigenvalue weighted by atomic mass is 16.5. The summed E-state index contributed by atoms with van der Waals surface area (Å²) in [5, 5.41) is 4.96. The third-order valence-corrected chi connectivity index (χ3v) is 7.58. The lowest BCUT2D eigenvalue weighted by Gasteiger charge is -2.32. The van der Waals surface area contributed by atoms with E-state index in [1.165, 1.54) is 24.0 Å². The molecular formula is C30H35N3O3. The summed E-state index contributed by atoms with van der Waals surface area (Å²) in [5.41, 5.74) is 3.11. The third kappa shape index (κ3) is 5.24. The van der Waals surface area contributed by atoms with Gasteiger partial charge >= 0.3 is 0 Å². The molecule has 0 radical (unpaired) electrons. The molecule has 3 aromatic carbocycles. The van der Waals surface area contributed by atoms with E-state index in [0.717, 1.165) is 49.0 Å². The largest absolute Gasteiger partial charge is 0.496 e. The molecule has 6 nitrogen and oxygen atoms in total. The Kier molecular flexibility index (Phi) is 7.52. The number of nitrogens with one attached hydrogen (secondary N) is 1. The Labute approximate surface area is 213 Å². The maximum absolute atomic E-state index is 13.5. The van der Waals surface area contributed by atoms with Gasteiger partial charge in [0.25, 0.3) is 5.91 Å². The molecule has 36 heavy (non-hydrogen) atoms. The molecule has 0 saturated carbocycles. The molecule has 2 aliphatic rings. The summed E-state index contributed by atoms with van der Waals surface area (Å²) in [6, 6.07) is 19.9. The second-order valence-electron chi connectivity index (χ2n) is 9.92. The molecule has 1 atom stereocenters. The Bertz CT molecular complexity index is 1240. The molecule has 3 aromatic rings. The Balaban J connectivity index is 1.24. The molecule has 188 valence electrons. The number of carbonyl (C=O) groups excluding carboxylic acids is 2. The number of methoxy groups -OCH3 is 1. The summed E-state index contributed by atoms with van der Waals surface area (Å²) in [5.74, 6) is 0.561. The van der Waals surface area contributed by atoms with Gasteiger partial charge in [-0.2, -0.15) is 0 Å². The van der Waals surface area contributed by atoms with Crippen molar-refractivity contribution < 1.29 is 14.3 Å². The molecule has 0 unspecified atom stereocenters.